The van der Waals surface area contributed by atoms with Crippen LogP contribution in [0.4, 0.5) is 0 Å². The number of ether oxygens (including phenoxy) is 1. The van der Waals surface area contributed by atoms with E-state index >= 15 is 0 Å². The van der Waals surface area contributed by atoms with Gasteiger partial charge in [-0.2, -0.15) is 0 Å². The fourth-order valence-corrected chi connectivity index (χ4v) is 1.51. The zero-order valence-corrected chi connectivity index (χ0v) is 11.1. The van der Waals surface area contributed by atoms with Gasteiger partial charge in [-0.15, -0.1) is 11.6 Å². The summed E-state index contributed by atoms with van der Waals surface area (Å²) in [4.78, 5) is 4.12. The molecule has 0 aliphatic rings. The molecule has 0 saturated carbocycles. The van der Waals surface area contributed by atoms with Crippen molar-refractivity contribution >= 4 is 11.6 Å². The molecule has 1 aromatic heterocycles. The lowest BCUT2D eigenvalue weighted by Crippen LogP contribution is -2.13. The van der Waals surface area contributed by atoms with Crippen molar-refractivity contribution in [3.63, 3.8) is 0 Å². The second-order valence-corrected chi connectivity index (χ2v) is 4.08. The van der Waals surface area contributed by atoms with Crippen molar-refractivity contribution in [1.29, 1.82) is 0 Å². The Morgan fingerprint density at radius 2 is 2.12 bits per heavy atom. The normalized spacial score (nSPS) is 9.88. The molecular weight excluding hydrogens is 234 g/mol. The highest BCUT2D eigenvalue weighted by molar-refractivity contribution is 6.18. The molecule has 0 radical (unpaired) electrons. The molecule has 92 valence electrons. The van der Waals surface area contributed by atoms with Gasteiger partial charge in [-0.05, 0) is 18.9 Å². The second kappa shape index (κ2) is 7.97. The van der Waals surface area contributed by atoms with Gasteiger partial charge in [0.25, 0.3) is 0 Å². The number of rotatable bonds is 5. The van der Waals surface area contributed by atoms with Crippen LogP contribution in [0.5, 0.6) is 5.75 Å². The monoisotopic (exact) mass is 251 g/mol. The fourth-order valence-electron chi connectivity index (χ4n) is 1.41. The second-order valence-electron chi connectivity index (χ2n) is 3.71. The minimum atomic E-state index is 0.253. The van der Waals surface area contributed by atoms with Gasteiger partial charge in [0.2, 0.25) is 0 Å². The third-order valence-electron chi connectivity index (χ3n) is 2.38. The van der Waals surface area contributed by atoms with Crippen LogP contribution in [0.3, 0.4) is 0 Å². The molecule has 1 rings (SSSR count). The Labute approximate surface area is 108 Å². The maximum atomic E-state index is 5.80. The van der Waals surface area contributed by atoms with Gasteiger partial charge in [-0.25, -0.2) is 0 Å². The number of halogens is 1. The number of hydrogen-bond acceptors (Lipinski definition) is 2. The summed E-state index contributed by atoms with van der Waals surface area (Å²) in [5, 5.41) is 0. The summed E-state index contributed by atoms with van der Waals surface area (Å²) in [5.74, 6) is 7.35. The number of nitrogens with zero attached hydrogens (tertiary/aromatic N) is 1. The standard InChI is InChI=1S/C14H18ClNO/c1-3-13(4-2)17-14-9-12(10-16-11-14)7-5-6-8-15/h9-11,13H,3-4,6,8H2,1-2H3. The maximum absolute atomic E-state index is 5.80. The molecule has 17 heavy (non-hydrogen) atoms. The summed E-state index contributed by atoms with van der Waals surface area (Å²) < 4.78 is 5.80. The Bertz CT molecular complexity index is 391. The summed E-state index contributed by atoms with van der Waals surface area (Å²) in [6.45, 7) is 4.23. The van der Waals surface area contributed by atoms with E-state index < -0.39 is 0 Å². The summed E-state index contributed by atoms with van der Waals surface area (Å²) in [7, 11) is 0. The van der Waals surface area contributed by atoms with Crippen LogP contribution >= 0.6 is 11.6 Å². The van der Waals surface area contributed by atoms with Crippen LogP contribution in [0.25, 0.3) is 0 Å². The molecule has 0 unspecified atom stereocenters. The third kappa shape index (κ3) is 5.10. The molecule has 0 N–H and O–H groups in total. The zero-order chi connectivity index (χ0) is 12.5. The van der Waals surface area contributed by atoms with Crippen molar-refractivity contribution in [1.82, 2.24) is 4.98 Å². The first-order valence-corrected chi connectivity index (χ1v) is 6.50. The average Bonchev–Trinajstić information content (AvgIpc) is 2.37. The van der Waals surface area contributed by atoms with E-state index in [0.717, 1.165) is 24.2 Å². The Morgan fingerprint density at radius 1 is 1.35 bits per heavy atom. The number of pyridine rings is 1. The molecule has 0 saturated heterocycles. The third-order valence-corrected chi connectivity index (χ3v) is 2.57. The van der Waals surface area contributed by atoms with Crippen molar-refractivity contribution in [3.05, 3.63) is 24.0 Å². The SMILES string of the molecule is CCC(CC)Oc1cncc(C#CCCCl)c1. The molecule has 0 atom stereocenters. The number of alkyl halides is 1. The summed E-state index contributed by atoms with van der Waals surface area (Å²) in [6, 6.07) is 1.92. The molecule has 0 amide bonds. The Kier molecular flexibility index (Phi) is 6.50. The van der Waals surface area contributed by atoms with Crippen LogP contribution < -0.4 is 4.74 Å². The van der Waals surface area contributed by atoms with Gasteiger partial charge in [-0.1, -0.05) is 25.7 Å². The van der Waals surface area contributed by atoms with E-state index in [-0.39, 0.29) is 6.10 Å². The first kappa shape index (κ1) is 13.9. The lowest BCUT2D eigenvalue weighted by Gasteiger charge is -2.15. The molecule has 3 heteroatoms. The van der Waals surface area contributed by atoms with E-state index in [4.69, 9.17) is 16.3 Å². The summed E-state index contributed by atoms with van der Waals surface area (Å²) >= 11 is 5.56. The van der Waals surface area contributed by atoms with Gasteiger partial charge in [0, 0.05) is 24.1 Å². The van der Waals surface area contributed by atoms with Gasteiger partial charge in [0.1, 0.15) is 5.75 Å². The number of hydrogen-bond donors (Lipinski definition) is 0. The number of aromatic nitrogens is 1. The molecule has 0 bridgehead atoms. The van der Waals surface area contributed by atoms with Gasteiger partial charge in [0.15, 0.2) is 0 Å². The predicted molar refractivity (Wildman–Crippen MR) is 71.5 cm³/mol. The van der Waals surface area contributed by atoms with E-state index in [1.807, 2.05) is 6.07 Å². The van der Waals surface area contributed by atoms with Crippen molar-refractivity contribution in [2.45, 2.75) is 39.2 Å². The van der Waals surface area contributed by atoms with Gasteiger partial charge >= 0.3 is 0 Å². The van der Waals surface area contributed by atoms with Crippen LogP contribution in [-0.4, -0.2) is 17.0 Å². The Balaban J connectivity index is 2.69. The minimum absolute atomic E-state index is 0.253. The average molecular weight is 252 g/mol. The summed E-state index contributed by atoms with van der Waals surface area (Å²) in [5.41, 5.74) is 0.874. The van der Waals surface area contributed by atoms with E-state index in [9.17, 15) is 0 Å². The van der Waals surface area contributed by atoms with Gasteiger partial charge in [0.05, 0.1) is 12.3 Å². The van der Waals surface area contributed by atoms with Crippen LogP contribution in [-0.2, 0) is 0 Å². The van der Waals surface area contributed by atoms with Crippen molar-refractivity contribution < 1.29 is 4.74 Å². The topological polar surface area (TPSA) is 22.1 Å². The molecule has 1 heterocycles. The van der Waals surface area contributed by atoms with E-state index in [2.05, 4.69) is 30.7 Å². The highest BCUT2D eigenvalue weighted by Gasteiger charge is 2.05. The Morgan fingerprint density at radius 3 is 2.76 bits per heavy atom. The molecule has 0 aliphatic heterocycles. The minimum Gasteiger partial charge on any atom is -0.489 e. The van der Waals surface area contributed by atoms with Gasteiger partial charge < -0.3 is 4.74 Å². The van der Waals surface area contributed by atoms with E-state index in [0.29, 0.717) is 12.3 Å². The molecule has 1 aromatic rings. The van der Waals surface area contributed by atoms with Gasteiger partial charge in [-0.3, -0.25) is 4.98 Å². The van der Waals surface area contributed by atoms with Crippen LogP contribution in [0.15, 0.2) is 18.5 Å². The van der Waals surface area contributed by atoms with E-state index in [1.165, 1.54) is 0 Å². The van der Waals surface area contributed by atoms with Crippen LogP contribution in [0.1, 0.15) is 38.7 Å². The van der Waals surface area contributed by atoms with Crippen LogP contribution in [0, 0.1) is 11.8 Å². The van der Waals surface area contributed by atoms with E-state index in [1.54, 1.807) is 12.4 Å². The molecule has 2 nitrogen and oxygen atoms in total. The lowest BCUT2D eigenvalue weighted by molar-refractivity contribution is 0.192. The summed E-state index contributed by atoms with van der Waals surface area (Å²) in [6.07, 6.45) is 6.41. The molecular formula is C14H18ClNO. The highest BCUT2D eigenvalue weighted by atomic mass is 35.5. The predicted octanol–water partition coefficient (Wildman–Crippen LogP) is 3.63. The highest BCUT2D eigenvalue weighted by Crippen LogP contribution is 2.15. The quantitative estimate of drug-likeness (QED) is 0.589. The largest absolute Gasteiger partial charge is 0.489 e. The lowest BCUT2D eigenvalue weighted by atomic mass is 10.2. The maximum Gasteiger partial charge on any atom is 0.139 e. The fraction of sp³-hybridized carbons (Fsp3) is 0.500. The molecule has 0 fully saturated rings. The van der Waals surface area contributed by atoms with Crippen molar-refractivity contribution in [3.8, 4) is 17.6 Å². The molecule has 0 spiro atoms. The van der Waals surface area contributed by atoms with Crippen molar-refractivity contribution in [2.75, 3.05) is 5.88 Å². The van der Waals surface area contributed by atoms with Crippen LogP contribution in [0.2, 0.25) is 0 Å². The zero-order valence-electron chi connectivity index (χ0n) is 10.4. The molecule has 0 aliphatic carbocycles. The molecule has 0 aromatic carbocycles. The Hall–Kier alpha value is -1.20. The first-order valence-electron chi connectivity index (χ1n) is 5.96. The van der Waals surface area contributed by atoms with Crippen molar-refractivity contribution in [2.24, 2.45) is 0 Å². The first-order chi connectivity index (χ1) is 8.30. The smallest absolute Gasteiger partial charge is 0.139 e.